The Labute approximate surface area is 137 Å². The molecule has 0 aliphatic heterocycles. The average molecular weight is 333 g/mol. The molecule has 0 radical (unpaired) electrons. The second-order valence-corrected chi connectivity index (χ2v) is 5.73. The maximum atomic E-state index is 12.3. The second kappa shape index (κ2) is 6.69. The monoisotopic (exact) mass is 333 g/mol. The first-order chi connectivity index (χ1) is 11.3. The Morgan fingerprint density at radius 2 is 1.88 bits per heavy atom. The van der Waals surface area contributed by atoms with Crippen LogP contribution in [-0.2, 0) is 16.1 Å². The number of benzene rings is 1. The van der Waals surface area contributed by atoms with Crippen molar-refractivity contribution in [1.29, 1.82) is 0 Å². The number of H-pyrrole nitrogens is 1. The van der Waals surface area contributed by atoms with Gasteiger partial charge in [-0.3, -0.25) is 19.5 Å². The van der Waals surface area contributed by atoms with Crippen molar-refractivity contribution in [3.8, 4) is 0 Å². The Bertz CT molecular complexity index is 898. The van der Waals surface area contributed by atoms with Crippen molar-refractivity contribution in [2.45, 2.75) is 38.8 Å². The van der Waals surface area contributed by atoms with Gasteiger partial charge in [0.2, 0.25) is 5.91 Å². The van der Waals surface area contributed by atoms with Crippen molar-refractivity contribution in [2.75, 3.05) is 0 Å². The first-order valence-corrected chi connectivity index (χ1v) is 7.55. The number of carboxylic acids is 1. The van der Waals surface area contributed by atoms with Gasteiger partial charge in [-0.25, -0.2) is 9.48 Å². The smallest absolute Gasteiger partial charge is 0.329 e. The van der Waals surface area contributed by atoms with Crippen LogP contribution in [-0.4, -0.2) is 32.3 Å². The third-order valence-electron chi connectivity index (χ3n) is 4.04. The summed E-state index contributed by atoms with van der Waals surface area (Å²) in [5.74, 6) is -1.64. The van der Waals surface area contributed by atoms with E-state index < -0.39 is 28.5 Å². The highest BCUT2D eigenvalue weighted by Crippen LogP contribution is 2.09. The summed E-state index contributed by atoms with van der Waals surface area (Å²) in [5, 5.41) is 14.6. The van der Waals surface area contributed by atoms with Crippen LogP contribution >= 0.6 is 0 Å². The zero-order valence-corrected chi connectivity index (χ0v) is 13.5. The van der Waals surface area contributed by atoms with Gasteiger partial charge in [0.25, 0.3) is 11.1 Å². The zero-order chi connectivity index (χ0) is 17.9. The minimum absolute atomic E-state index is 0.0514. The van der Waals surface area contributed by atoms with E-state index in [4.69, 9.17) is 5.11 Å². The van der Waals surface area contributed by atoms with E-state index in [2.05, 4.69) is 10.4 Å². The van der Waals surface area contributed by atoms with Crippen LogP contribution in [0.3, 0.4) is 0 Å². The molecule has 8 heteroatoms. The summed E-state index contributed by atoms with van der Waals surface area (Å²) in [5.41, 5.74) is -2.19. The second-order valence-electron chi connectivity index (χ2n) is 5.73. The lowest BCUT2D eigenvalue weighted by Crippen LogP contribution is -2.52. The summed E-state index contributed by atoms with van der Waals surface area (Å²) >= 11 is 0. The van der Waals surface area contributed by atoms with E-state index in [1.54, 1.807) is 31.2 Å². The molecule has 0 aliphatic rings. The lowest BCUT2D eigenvalue weighted by Gasteiger charge is -2.24. The topological polar surface area (TPSA) is 121 Å². The number of nitrogens with one attached hydrogen (secondary N) is 2. The Balaban J connectivity index is 2.18. The number of aromatic amines is 1. The van der Waals surface area contributed by atoms with Gasteiger partial charge >= 0.3 is 5.97 Å². The molecule has 0 bridgehead atoms. The molecule has 1 unspecified atom stereocenters. The Morgan fingerprint density at radius 1 is 1.25 bits per heavy atom. The molecule has 128 valence electrons. The minimum Gasteiger partial charge on any atom is -0.480 e. The molecule has 2 aromatic rings. The predicted octanol–water partition coefficient (Wildman–Crippen LogP) is 0.449. The Morgan fingerprint density at radius 3 is 2.46 bits per heavy atom. The molecule has 1 aromatic carbocycles. The van der Waals surface area contributed by atoms with Gasteiger partial charge in [0.05, 0.1) is 17.3 Å². The molecule has 8 nitrogen and oxygen atoms in total. The normalized spacial score (nSPS) is 13.4. The molecule has 0 fully saturated rings. The van der Waals surface area contributed by atoms with Gasteiger partial charge in [-0.2, -0.15) is 0 Å². The fourth-order valence-corrected chi connectivity index (χ4v) is 2.28. The number of carboxylic acid groups (broad SMARTS) is 1. The number of aliphatic carboxylic acids is 1. The summed E-state index contributed by atoms with van der Waals surface area (Å²) in [7, 11) is 0. The van der Waals surface area contributed by atoms with Crippen LogP contribution in [0.25, 0.3) is 10.8 Å². The maximum Gasteiger partial charge on any atom is 0.329 e. The van der Waals surface area contributed by atoms with E-state index in [-0.39, 0.29) is 30.2 Å². The van der Waals surface area contributed by atoms with Crippen LogP contribution in [0.15, 0.2) is 33.9 Å². The number of nitrogens with zero attached hydrogens (tertiary/aromatic N) is 1. The van der Waals surface area contributed by atoms with Crippen LogP contribution in [0.5, 0.6) is 0 Å². The summed E-state index contributed by atoms with van der Waals surface area (Å²) in [6.45, 7) is 3.02. The van der Waals surface area contributed by atoms with Gasteiger partial charge in [0, 0.05) is 6.42 Å². The first-order valence-electron chi connectivity index (χ1n) is 7.55. The molecule has 1 atom stereocenters. The number of aromatic nitrogens is 2. The molecule has 0 saturated carbocycles. The maximum absolute atomic E-state index is 12.3. The molecular formula is C16H19N3O5. The summed E-state index contributed by atoms with van der Waals surface area (Å²) in [4.78, 5) is 47.4. The average Bonchev–Trinajstić information content (AvgIpc) is 2.56. The number of carbonyl (C=O) groups is 2. The Kier molecular flexibility index (Phi) is 4.87. The van der Waals surface area contributed by atoms with Gasteiger partial charge < -0.3 is 10.4 Å². The lowest BCUT2D eigenvalue weighted by atomic mass is 9.99. The number of rotatable bonds is 6. The number of fused-ring (bicyclic) bond motifs is 1. The fraction of sp³-hybridized carbons (Fsp3) is 0.375. The number of aryl methyl sites for hydroxylation is 1. The van der Waals surface area contributed by atoms with Crippen LogP contribution in [0.1, 0.15) is 26.7 Å². The van der Waals surface area contributed by atoms with Crippen molar-refractivity contribution in [3.05, 3.63) is 45.0 Å². The van der Waals surface area contributed by atoms with Crippen molar-refractivity contribution < 1.29 is 14.7 Å². The largest absolute Gasteiger partial charge is 0.480 e. The van der Waals surface area contributed by atoms with E-state index in [0.29, 0.717) is 0 Å². The summed E-state index contributed by atoms with van der Waals surface area (Å²) in [6, 6.07) is 6.40. The predicted molar refractivity (Wildman–Crippen MR) is 87.9 cm³/mol. The number of carbonyl (C=O) groups excluding carboxylic acids is 1. The standard InChI is InChI=1S/C16H19N3O5/c1-3-16(2,15(23)24)17-12(20)8-9-19-14(22)11-7-5-4-6-10(11)13(21)18-19/h4-7H,3,8-9H2,1-2H3,(H,17,20)(H,18,21)(H,23,24). The Hall–Kier alpha value is -2.90. The molecule has 0 spiro atoms. The van der Waals surface area contributed by atoms with Crippen molar-refractivity contribution >= 4 is 22.6 Å². The van der Waals surface area contributed by atoms with Gasteiger partial charge in [-0.15, -0.1) is 0 Å². The molecule has 3 N–H and O–H groups in total. The molecule has 0 saturated heterocycles. The van der Waals surface area contributed by atoms with E-state index in [1.165, 1.54) is 6.92 Å². The highest BCUT2D eigenvalue weighted by Gasteiger charge is 2.32. The molecule has 0 aliphatic carbocycles. The zero-order valence-electron chi connectivity index (χ0n) is 13.5. The molecule has 1 heterocycles. The quantitative estimate of drug-likeness (QED) is 0.708. The summed E-state index contributed by atoms with van der Waals surface area (Å²) < 4.78 is 1.06. The van der Waals surface area contributed by atoms with Gasteiger partial charge in [-0.05, 0) is 25.5 Å². The van der Waals surface area contributed by atoms with Gasteiger partial charge in [0.15, 0.2) is 0 Å². The van der Waals surface area contributed by atoms with E-state index in [0.717, 1.165) is 4.68 Å². The van der Waals surface area contributed by atoms with Gasteiger partial charge in [-0.1, -0.05) is 19.1 Å². The van der Waals surface area contributed by atoms with Crippen molar-refractivity contribution in [1.82, 2.24) is 15.1 Å². The summed E-state index contributed by atoms with van der Waals surface area (Å²) in [6.07, 6.45) is 0.0951. The number of hydrogen-bond acceptors (Lipinski definition) is 4. The first kappa shape index (κ1) is 17.5. The van der Waals surface area contributed by atoms with Crippen LogP contribution in [0, 0.1) is 0 Å². The highest BCUT2D eigenvalue weighted by atomic mass is 16.4. The lowest BCUT2D eigenvalue weighted by molar-refractivity contribution is -0.147. The van der Waals surface area contributed by atoms with Gasteiger partial charge in [0.1, 0.15) is 5.54 Å². The van der Waals surface area contributed by atoms with E-state index >= 15 is 0 Å². The van der Waals surface area contributed by atoms with Crippen LogP contribution in [0.2, 0.25) is 0 Å². The van der Waals surface area contributed by atoms with E-state index in [1.807, 2.05) is 0 Å². The highest BCUT2D eigenvalue weighted by molar-refractivity contribution is 5.86. The minimum atomic E-state index is -1.36. The molecule has 2 rings (SSSR count). The fourth-order valence-electron chi connectivity index (χ4n) is 2.28. The molecule has 1 amide bonds. The van der Waals surface area contributed by atoms with Crippen LogP contribution < -0.4 is 16.4 Å². The third-order valence-corrected chi connectivity index (χ3v) is 4.04. The molecule has 1 aromatic heterocycles. The SMILES string of the molecule is CCC(C)(NC(=O)CCn1[nH]c(=O)c2ccccc2c1=O)C(=O)O. The molecule has 24 heavy (non-hydrogen) atoms. The van der Waals surface area contributed by atoms with E-state index in [9.17, 15) is 19.2 Å². The van der Waals surface area contributed by atoms with Crippen molar-refractivity contribution in [2.24, 2.45) is 0 Å². The van der Waals surface area contributed by atoms with Crippen LogP contribution in [0.4, 0.5) is 0 Å². The number of hydrogen-bond donors (Lipinski definition) is 3. The molecular weight excluding hydrogens is 314 g/mol. The number of amides is 1. The van der Waals surface area contributed by atoms with Crippen molar-refractivity contribution in [3.63, 3.8) is 0 Å². The third kappa shape index (κ3) is 3.37.